The van der Waals surface area contributed by atoms with Gasteiger partial charge in [0.25, 0.3) is 5.56 Å². The minimum Gasteiger partial charge on any atom is -0.290 e. The minimum absolute atomic E-state index is 0.0367. The smallest absolute Gasteiger partial charge is 0.290 e. The number of hydroxylamine groups is 1. The first-order valence-electron chi connectivity index (χ1n) is 11.2. The molecule has 0 aliphatic carbocycles. The number of amides is 2. The molecule has 0 fully saturated rings. The van der Waals surface area contributed by atoms with Crippen LogP contribution >= 0.6 is 0 Å². The van der Waals surface area contributed by atoms with Gasteiger partial charge in [0.1, 0.15) is 5.65 Å². The number of carbonyl (C=O) groups is 2. The molecule has 0 saturated heterocycles. The van der Waals surface area contributed by atoms with Crippen molar-refractivity contribution in [2.75, 3.05) is 5.43 Å². The maximum Gasteiger partial charge on any atom is 0.349 e. The second-order valence-electron chi connectivity index (χ2n) is 8.64. The Morgan fingerprint density at radius 3 is 2.47 bits per heavy atom. The number of aryl methyl sites for hydroxylation is 1. The molecule has 0 bridgehead atoms. The molecule has 3 rings (SSSR count). The zero-order valence-electron chi connectivity index (χ0n) is 19.2. The van der Waals surface area contributed by atoms with Gasteiger partial charge in [0, 0.05) is 6.20 Å². The van der Waals surface area contributed by atoms with Crippen LogP contribution in [-0.4, -0.2) is 31.7 Å². The number of H-pyrrole nitrogens is 1. The van der Waals surface area contributed by atoms with E-state index in [2.05, 4.69) is 15.4 Å². The fraction of sp³-hybridized carbons (Fsp3) is 0.375. The predicted octanol–water partition coefficient (Wildman–Crippen LogP) is 1.96. The zero-order valence-corrected chi connectivity index (χ0v) is 19.2. The highest BCUT2D eigenvalue weighted by molar-refractivity contribution is 5.91. The first-order chi connectivity index (χ1) is 16.3. The molecule has 0 spiro atoms. The molecule has 1 aromatic carbocycles. The molecule has 180 valence electrons. The van der Waals surface area contributed by atoms with Crippen molar-refractivity contribution < 1.29 is 14.8 Å². The van der Waals surface area contributed by atoms with Crippen molar-refractivity contribution in [1.29, 1.82) is 0 Å². The SMILES string of the molecule is CC(C)C[C@@H](C(=O)Nn1c(=O)[nH]c2ncccc2c1=O)[C@H](CCCc1ccccc1)C(=O)NO. The molecule has 0 aliphatic rings. The normalized spacial score (nSPS) is 12.9. The summed E-state index contributed by atoms with van der Waals surface area (Å²) in [6, 6.07) is 12.8. The van der Waals surface area contributed by atoms with Gasteiger partial charge in [-0.25, -0.2) is 15.3 Å². The molecular formula is C24H29N5O5. The first-order valence-corrected chi connectivity index (χ1v) is 11.2. The summed E-state index contributed by atoms with van der Waals surface area (Å²) >= 11 is 0. The molecule has 0 unspecified atom stereocenters. The molecular weight excluding hydrogens is 438 g/mol. The standard InChI is InChI=1S/C24H29N5O5/c1-15(2)14-19(17(22(31)28-34)11-6-10-16-8-4-3-5-9-16)21(30)27-29-23(32)18-12-7-13-25-20(18)26-24(29)33/h3-5,7-9,12-13,15,17,19,34H,6,10-11,14H2,1-2H3,(H,27,30)(H,28,31)(H,25,26,33)/t17-,19+/m0/s1. The van der Waals surface area contributed by atoms with Gasteiger partial charge in [-0.2, -0.15) is 4.68 Å². The molecule has 4 N–H and O–H groups in total. The number of aromatic nitrogens is 3. The third-order valence-electron chi connectivity index (χ3n) is 5.71. The molecule has 3 aromatic rings. The van der Waals surface area contributed by atoms with Crippen molar-refractivity contribution in [1.82, 2.24) is 20.1 Å². The van der Waals surface area contributed by atoms with Gasteiger partial charge in [-0.05, 0) is 49.3 Å². The van der Waals surface area contributed by atoms with E-state index in [4.69, 9.17) is 0 Å². The second-order valence-corrected chi connectivity index (χ2v) is 8.64. The fourth-order valence-electron chi connectivity index (χ4n) is 4.07. The average molecular weight is 468 g/mol. The van der Waals surface area contributed by atoms with Crippen LogP contribution in [0.1, 0.15) is 38.7 Å². The second kappa shape index (κ2) is 11.4. The maximum atomic E-state index is 13.3. The lowest BCUT2D eigenvalue weighted by Gasteiger charge is -2.26. The van der Waals surface area contributed by atoms with Crippen LogP contribution in [0, 0.1) is 17.8 Å². The first kappa shape index (κ1) is 24.8. The summed E-state index contributed by atoms with van der Waals surface area (Å²) in [5.41, 5.74) is 3.68. The van der Waals surface area contributed by atoms with Crippen molar-refractivity contribution in [3.8, 4) is 0 Å². The molecule has 2 atom stereocenters. The van der Waals surface area contributed by atoms with E-state index >= 15 is 0 Å². The van der Waals surface area contributed by atoms with Crippen LogP contribution < -0.4 is 22.2 Å². The van der Waals surface area contributed by atoms with Crippen LogP contribution in [0.25, 0.3) is 11.0 Å². The maximum absolute atomic E-state index is 13.3. The summed E-state index contributed by atoms with van der Waals surface area (Å²) in [5.74, 6) is -3.03. The number of nitrogens with one attached hydrogen (secondary N) is 3. The number of hydrogen-bond donors (Lipinski definition) is 4. The number of carbonyl (C=O) groups excluding carboxylic acids is 2. The Kier molecular flexibility index (Phi) is 8.31. The van der Waals surface area contributed by atoms with Crippen molar-refractivity contribution >= 4 is 22.8 Å². The summed E-state index contributed by atoms with van der Waals surface area (Å²) in [4.78, 5) is 57.5. The van der Waals surface area contributed by atoms with Crippen LogP contribution in [0.2, 0.25) is 0 Å². The van der Waals surface area contributed by atoms with Crippen LogP contribution in [-0.2, 0) is 16.0 Å². The zero-order chi connectivity index (χ0) is 24.7. The molecule has 10 heteroatoms. The third kappa shape index (κ3) is 5.96. The van der Waals surface area contributed by atoms with E-state index < -0.39 is 34.9 Å². The highest BCUT2D eigenvalue weighted by Crippen LogP contribution is 2.26. The van der Waals surface area contributed by atoms with E-state index in [1.165, 1.54) is 12.3 Å². The Bertz CT molecular complexity index is 1250. The van der Waals surface area contributed by atoms with Crippen molar-refractivity contribution in [3.05, 3.63) is 75.1 Å². The Morgan fingerprint density at radius 1 is 1.06 bits per heavy atom. The van der Waals surface area contributed by atoms with Gasteiger partial charge < -0.3 is 0 Å². The van der Waals surface area contributed by atoms with Gasteiger partial charge in [0.15, 0.2) is 0 Å². The molecule has 0 aliphatic heterocycles. The number of rotatable bonds is 10. The van der Waals surface area contributed by atoms with E-state index in [9.17, 15) is 24.4 Å². The Morgan fingerprint density at radius 2 is 1.79 bits per heavy atom. The molecule has 0 radical (unpaired) electrons. The summed E-state index contributed by atoms with van der Waals surface area (Å²) in [7, 11) is 0. The van der Waals surface area contributed by atoms with Gasteiger partial charge in [-0.1, -0.05) is 44.2 Å². The Hall–Kier alpha value is -3.79. The number of nitrogens with zero attached hydrogens (tertiary/aromatic N) is 2. The lowest BCUT2D eigenvalue weighted by molar-refractivity contribution is -0.139. The van der Waals surface area contributed by atoms with E-state index in [0.717, 1.165) is 5.56 Å². The number of fused-ring (bicyclic) bond motifs is 1. The monoisotopic (exact) mass is 467 g/mol. The lowest BCUT2D eigenvalue weighted by Crippen LogP contribution is -2.48. The van der Waals surface area contributed by atoms with Gasteiger partial charge in [0.05, 0.1) is 17.2 Å². The van der Waals surface area contributed by atoms with E-state index in [1.54, 1.807) is 11.5 Å². The topological polar surface area (TPSA) is 146 Å². The number of pyridine rings is 1. The summed E-state index contributed by atoms with van der Waals surface area (Å²) in [5, 5.41) is 9.47. The summed E-state index contributed by atoms with van der Waals surface area (Å²) in [6.45, 7) is 3.80. The number of hydrogen-bond acceptors (Lipinski definition) is 6. The van der Waals surface area contributed by atoms with Gasteiger partial charge in [-0.15, -0.1) is 0 Å². The lowest BCUT2D eigenvalue weighted by atomic mass is 9.81. The van der Waals surface area contributed by atoms with E-state index in [0.29, 0.717) is 30.4 Å². The average Bonchev–Trinajstić information content (AvgIpc) is 2.83. The number of benzene rings is 1. The quantitative estimate of drug-likeness (QED) is 0.265. The van der Waals surface area contributed by atoms with E-state index in [-0.39, 0.29) is 17.0 Å². The van der Waals surface area contributed by atoms with Crippen molar-refractivity contribution in [2.45, 2.75) is 39.5 Å². The number of aromatic amines is 1. The molecule has 10 nitrogen and oxygen atoms in total. The fourth-order valence-corrected chi connectivity index (χ4v) is 4.07. The van der Waals surface area contributed by atoms with Crippen molar-refractivity contribution in [3.63, 3.8) is 0 Å². The predicted molar refractivity (Wildman–Crippen MR) is 127 cm³/mol. The molecule has 0 saturated carbocycles. The Balaban J connectivity index is 1.86. The summed E-state index contributed by atoms with van der Waals surface area (Å²) in [6.07, 6.45) is 3.39. The largest absolute Gasteiger partial charge is 0.349 e. The third-order valence-corrected chi connectivity index (χ3v) is 5.71. The molecule has 2 amide bonds. The van der Waals surface area contributed by atoms with Crippen LogP contribution in [0.3, 0.4) is 0 Å². The highest BCUT2D eigenvalue weighted by Gasteiger charge is 2.34. The van der Waals surface area contributed by atoms with Crippen LogP contribution in [0.15, 0.2) is 58.3 Å². The Labute approximate surface area is 196 Å². The molecule has 34 heavy (non-hydrogen) atoms. The molecule has 2 heterocycles. The van der Waals surface area contributed by atoms with E-state index in [1.807, 2.05) is 44.2 Å². The van der Waals surface area contributed by atoms with Crippen LogP contribution in [0.4, 0.5) is 0 Å². The van der Waals surface area contributed by atoms with Gasteiger partial charge in [0.2, 0.25) is 11.8 Å². The van der Waals surface area contributed by atoms with Gasteiger partial charge >= 0.3 is 5.69 Å². The van der Waals surface area contributed by atoms with Gasteiger partial charge in [-0.3, -0.25) is 30.0 Å². The van der Waals surface area contributed by atoms with Crippen molar-refractivity contribution in [2.24, 2.45) is 17.8 Å². The highest BCUT2D eigenvalue weighted by atomic mass is 16.5. The summed E-state index contributed by atoms with van der Waals surface area (Å²) < 4.78 is 0.595. The molecule has 2 aromatic heterocycles. The van der Waals surface area contributed by atoms with Crippen LogP contribution in [0.5, 0.6) is 0 Å². The minimum atomic E-state index is -0.876.